The van der Waals surface area contributed by atoms with Gasteiger partial charge in [0.1, 0.15) is 11.4 Å². The van der Waals surface area contributed by atoms with Gasteiger partial charge < -0.3 is 14.8 Å². The SMILES string of the molecule is CC(=O)Nc1cn(C(=O)OC(C)(C)C)c2ccc(OCCC3CCN(CC(F)(F)F)CC3)cc12. The number of nitrogens with zero attached hydrogens (tertiary/aromatic N) is 2. The second-order valence-electron chi connectivity index (χ2n) is 9.73. The van der Waals surface area contributed by atoms with Crippen molar-refractivity contribution in [1.82, 2.24) is 9.47 Å². The van der Waals surface area contributed by atoms with Gasteiger partial charge in [-0.2, -0.15) is 13.2 Å². The number of likely N-dealkylation sites (tertiary alicyclic amines) is 1. The molecule has 3 rings (SSSR count). The highest BCUT2D eigenvalue weighted by Gasteiger charge is 2.32. The van der Waals surface area contributed by atoms with Crippen LogP contribution in [-0.4, -0.2) is 59.5 Å². The molecular formula is C24H32F3N3O4. The lowest BCUT2D eigenvalue weighted by atomic mass is 9.94. The van der Waals surface area contributed by atoms with E-state index in [1.165, 1.54) is 22.6 Å². The Morgan fingerprint density at radius 1 is 1.15 bits per heavy atom. The van der Waals surface area contributed by atoms with Gasteiger partial charge in [-0.05, 0) is 77.2 Å². The van der Waals surface area contributed by atoms with Gasteiger partial charge in [0.25, 0.3) is 0 Å². The standard InChI is InChI=1S/C24H32F3N3O4/c1-16(31)28-20-14-30(22(32)34-23(2,3)4)21-6-5-18(13-19(20)21)33-12-9-17-7-10-29(11-8-17)15-24(25,26)27/h5-6,13-14,17H,7-12,15H2,1-4H3,(H,28,31). The zero-order chi connectivity index (χ0) is 25.1. The number of carbonyl (C=O) groups excluding carboxylic acids is 2. The van der Waals surface area contributed by atoms with Crippen molar-refractivity contribution in [2.75, 3.05) is 31.6 Å². The molecule has 0 radical (unpaired) electrons. The highest BCUT2D eigenvalue weighted by atomic mass is 19.4. The third-order valence-corrected chi connectivity index (χ3v) is 5.58. The molecule has 0 aliphatic carbocycles. The van der Waals surface area contributed by atoms with E-state index in [9.17, 15) is 22.8 Å². The smallest absolute Gasteiger partial charge is 0.419 e. The fourth-order valence-electron chi connectivity index (χ4n) is 4.08. The van der Waals surface area contributed by atoms with Crippen LogP contribution in [0.1, 0.15) is 47.0 Å². The maximum Gasteiger partial charge on any atom is 0.419 e. The van der Waals surface area contributed by atoms with Crippen molar-refractivity contribution in [2.45, 2.75) is 58.7 Å². The Morgan fingerprint density at radius 3 is 2.41 bits per heavy atom. The predicted octanol–water partition coefficient (Wildman–Crippen LogP) is 5.43. The monoisotopic (exact) mass is 483 g/mol. The number of hydrogen-bond acceptors (Lipinski definition) is 5. The molecule has 1 amide bonds. The van der Waals surface area contributed by atoms with E-state index >= 15 is 0 Å². The van der Waals surface area contributed by atoms with Gasteiger partial charge in [0.2, 0.25) is 5.91 Å². The van der Waals surface area contributed by atoms with Crippen molar-refractivity contribution in [3.63, 3.8) is 0 Å². The molecule has 1 saturated heterocycles. The molecule has 1 fully saturated rings. The minimum atomic E-state index is -4.16. The molecule has 188 valence electrons. The first-order chi connectivity index (χ1) is 15.8. The Kier molecular flexibility index (Phi) is 7.80. The fourth-order valence-corrected chi connectivity index (χ4v) is 4.08. The average Bonchev–Trinajstić information content (AvgIpc) is 3.04. The molecule has 1 aliphatic heterocycles. The first-order valence-corrected chi connectivity index (χ1v) is 11.4. The van der Waals surface area contributed by atoms with E-state index < -0.39 is 24.4 Å². The van der Waals surface area contributed by atoms with Gasteiger partial charge in [0.15, 0.2) is 0 Å². The molecule has 0 bridgehead atoms. The molecule has 1 aromatic carbocycles. The summed E-state index contributed by atoms with van der Waals surface area (Å²) in [6, 6.07) is 5.23. The highest BCUT2D eigenvalue weighted by molar-refractivity contribution is 6.04. The molecule has 1 aliphatic rings. The summed E-state index contributed by atoms with van der Waals surface area (Å²) in [7, 11) is 0. The van der Waals surface area contributed by atoms with Crippen LogP contribution in [0.3, 0.4) is 0 Å². The lowest BCUT2D eigenvalue weighted by Crippen LogP contribution is -2.40. The number of piperidine rings is 1. The summed E-state index contributed by atoms with van der Waals surface area (Å²) in [5.41, 5.74) is 0.367. The Balaban J connectivity index is 1.64. The van der Waals surface area contributed by atoms with E-state index in [4.69, 9.17) is 9.47 Å². The van der Waals surface area contributed by atoms with E-state index in [-0.39, 0.29) is 5.91 Å². The van der Waals surface area contributed by atoms with Crippen molar-refractivity contribution in [1.29, 1.82) is 0 Å². The van der Waals surface area contributed by atoms with Crippen LogP contribution in [0.5, 0.6) is 5.75 Å². The second-order valence-corrected chi connectivity index (χ2v) is 9.73. The zero-order valence-corrected chi connectivity index (χ0v) is 20.0. The number of carbonyl (C=O) groups is 2. The summed E-state index contributed by atoms with van der Waals surface area (Å²) < 4.78 is 50.3. The number of hydrogen-bond donors (Lipinski definition) is 1. The van der Waals surface area contributed by atoms with Gasteiger partial charge in [-0.15, -0.1) is 0 Å². The molecule has 0 spiro atoms. The average molecular weight is 484 g/mol. The fraction of sp³-hybridized carbons (Fsp3) is 0.583. The Labute approximate surface area is 197 Å². The number of alkyl halides is 3. The Morgan fingerprint density at radius 2 is 1.82 bits per heavy atom. The summed E-state index contributed by atoms with van der Waals surface area (Å²) in [5, 5.41) is 3.37. The van der Waals surface area contributed by atoms with Crippen LogP contribution in [-0.2, 0) is 9.53 Å². The van der Waals surface area contributed by atoms with Crippen LogP contribution in [0.2, 0.25) is 0 Å². The first-order valence-electron chi connectivity index (χ1n) is 11.4. The molecule has 0 atom stereocenters. The van der Waals surface area contributed by atoms with E-state index in [1.54, 1.807) is 39.0 Å². The first kappa shape index (κ1) is 25.9. The lowest BCUT2D eigenvalue weighted by molar-refractivity contribution is -0.148. The number of nitrogens with one attached hydrogen (secondary N) is 1. The molecule has 0 unspecified atom stereocenters. The molecule has 2 heterocycles. The number of rotatable bonds is 6. The number of amides is 1. The van der Waals surface area contributed by atoms with Crippen LogP contribution in [0.25, 0.3) is 10.9 Å². The van der Waals surface area contributed by atoms with Crippen molar-refractivity contribution >= 4 is 28.6 Å². The molecule has 2 aromatic rings. The third kappa shape index (κ3) is 7.38. The maximum absolute atomic E-state index is 12.6. The van der Waals surface area contributed by atoms with Crippen LogP contribution >= 0.6 is 0 Å². The molecule has 10 heteroatoms. The van der Waals surface area contributed by atoms with Crippen molar-refractivity contribution in [3.05, 3.63) is 24.4 Å². The van der Waals surface area contributed by atoms with E-state index in [0.717, 1.165) is 6.42 Å². The van der Waals surface area contributed by atoms with E-state index in [2.05, 4.69) is 5.32 Å². The maximum atomic E-state index is 12.6. The van der Waals surface area contributed by atoms with Gasteiger partial charge in [-0.3, -0.25) is 14.3 Å². The van der Waals surface area contributed by atoms with Crippen molar-refractivity contribution in [2.24, 2.45) is 5.92 Å². The van der Waals surface area contributed by atoms with E-state index in [0.29, 0.717) is 60.8 Å². The van der Waals surface area contributed by atoms with Crippen LogP contribution in [0.4, 0.5) is 23.7 Å². The minimum Gasteiger partial charge on any atom is -0.494 e. The molecular weight excluding hydrogens is 451 g/mol. The van der Waals surface area contributed by atoms with Crippen molar-refractivity contribution < 1.29 is 32.2 Å². The number of halogens is 3. The second kappa shape index (κ2) is 10.2. The lowest BCUT2D eigenvalue weighted by Gasteiger charge is -2.32. The Bertz CT molecular complexity index is 1020. The Hall–Kier alpha value is -2.75. The van der Waals surface area contributed by atoms with E-state index in [1.807, 2.05) is 0 Å². The molecule has 1 aromatic heterocycles. The normalized spacial score (nSPS) is 16.0. The van der Waals surface area contributed by atoms with Crippen molar-refractivity contribution in [3.8, 4) is 5.75 Å². The topological polar surface area (TPSA) is 72.8 Å². The van der Waals surface area contributed by atoms with Gasteiger partial charge in [0, 0.05) is 18.5 Å². The molecule has 0 saturated carbocycles. The number of anilines is 1. The van der Waals surface area contributed by atoms with Crippen LogP contribution in [0.15, 0.2) is 24.4 Å². The summed E-state index contributed by atoms with van der Waals surface area (Å²) in [4.78, 5) is 25.7. The number of fused-ring (bicyclic) bond motifs is 1. The summed E-state index contributed by atoms with van der Waals surface area (Å²) in [6.45, 7) is 7.17. The van der Waals surface area contributed by atoms with Gasteiger partial charge in [0.05, 0.1) is 24.4 Å². The molecule has 7 nitrogen and oxygen atoms in total. The predicted molar refractivity (Wildman–Crippen MR) is 123 cm³/mol. The minimum absolute atomic E-state index is 0.272. The number of benzene rings is 1. The van der Waals surface area contributed by atoms with Crippen LogP contribution < -0.4 is 10.1 Å². The molecule has 1 N–H and O–H groups in total. The number of aromatic nitrogens is 1. The summed E-state index contributed by atoms with van der Waals surface area (Å²) in [5.74, 6) is 0.624. The quantitative estimate of drug-likeness (QED) is 0.594. The zero-order valence-electron chi connectivity index (χ0n) is 20.0. The summed E-state index contributed by atoms with van der Waals surface area (Å²) >= 11 is 0. The highest BCUT2D eigenvalue weighted by Crippen LogP contribution is 2.31. The number of ether oxygens (including phenoxy) is 2. The largest absolute Gasteiger partial charge is 0.494 e. The van der Waals surface area contributed by atoms with Gasteiger partial charge in [-0.25, -0.2) is 4.79 Å². The van der Waals surface area contributed by atoms with Gasteiger partial charge in [-0.1, -0.05) is 0 Å². The molecule has 34 heavy (non-hydrogen) atoms. The van der Waals surface area contributed by atoms with Gasteiger partial charge >= 0.3 is 12.3 Å². The van der Waals surface area contributed by atoms with Crippen LogP contribution in [0, 0.1) is 5.92 Å². The third-order valence-electron chi connectivity index (χ3n) is 5.58. The summed E-state index contributed by atoms with van der Waals surface area (Å²) in [6.07, 6.45) is -1.02.